The van der Waals surface area contributed by atoms with Crippen LogP contribution in [0.1, 0.15) is 31.2 Å². The van der Waals surface area contributed by atoms with Gasteiger partial charge in [0.05, 0.1) is 23.9 Å². The monoisotopic (exact) mass is 504 g/mol. The number of methoxy groups -OCH3 is 1. The maximum absolute atomic E-state index is 9.84. The molecule has 1 aliphatic heterocycles. The SMILES string of the molecule is COc1ccc(CNc2nnc(N3CCC4(CC3)CC(O)C4)c3ccc(-n4cccn4)cc23)cc1Cl. The summed E-state index contributed by atoms with van der Waals surface area (Å²) in [5.74, 6) is 2.27. The van der Waals surface area contributed by atoms with Crippen molar-refractivity contribution in [1.29, 1.82) is 0 Å². The molecule has 2 fully saturated rings. The Labute approximate surface area is 214 Å². The fourth-order valence-corrected chi connectivity index (χ4v) is 5.88. The van der Waals surface area contributed by atoms with Crippen LogP contribution in [0.2, 0.25) is 5.02 Å². The predicted molar refractivity (Wildman–Crippen MR) is 141 cm³/mol. The highest BCUT2D eigenvalue weighted by Gasteiger charge is 2.45. The molecular formula is C27H29ClN6O2. The Balaban J connectivity index is 1.31. The molecule has 2 N–H and O–H groups in total. The van der Waals surface area contributed by atoms with Crippen molar-refractivity contribution in [2.75, 3.05) is 30.4 Å². The summed E-state index contributed by atoms with van der Waals surface area (Å²) in [5, 5.41) is 29.6. The zero-order chi connectivity index (χ0) is 24.7. The summed E-state index contributed by atoms with van der Waals surface area (Å²) in [4.78, 5) is 2.34. The Bertz CT molecular complexity index is 1380. The molecule has 0 amide bonds. The summed E-state index contributed by atoms with van der Waals surface area (Å²) in [6.07, 6.45) is 7.60. The van der Waals surface area contributed by atoms with Gasteiger partial charge in [-0.15, -0.1) is 10.2 Å². The van der Waals surface area contributed by atoms with Gasteiger partial charge in [-0.1, -0.05) is 17.7 Å². The molecule has 2 aliphatic rings. The Morgan fingerprint density at radius 1 is 1.11 bits per heavy atom. The minimum atomic E-state index is -0.121. The lowest BCUT2D eigenvalue weighted by Gasteiger charge is -2.50. The number of piperidine rings is 1. The molecule has 36 heavy (non-hydrogen) atoms. The van der Waals surface area contributed by atoms with Crippen LogP contribution in [-0.2, 0) is 6.54 Å². The first-order chi connectivity index (χ1) is 17.5. The number of benzene rings is 2. The minimum absolute atomic E-state index is 0.121. The van der Waals surface area contributed by atoms with Gasteiger partial charge in [-0.2, -0.15) is 5.10 Å². The summed E-state index contributed by atoms with van der Waals surface area (Å²) in [5.41, 5.74) is 2.29. The largest absolute Gasteiger partial charge is 0.495 e. The summed E-state index contributed by atoms with van der Waals surface area (Å²) in [6, 6.07) is 14.0. The van der Waals surface area contributed by atoms with Crippen LogP contribution in [0.4, 0.5) is 11.6 Å². The van der Waals surface area contributed by atoms with Crippen molar-refractivity contribution in [3.63, 3.8) is 0 Å². The number of anilines is 2. The number of aliphatic hydroxyl groups is 1. The molecule has 9 heteroatoms. The quantitative estimate of drug-likeness (QED) is 0.388. The first kappa shape index (κ1) is 23.1. The van der Waals surface area contributed by atoms with Crippen LogP contribution in [0.15, 0.2) is 54.9 Å². The second-order valence-corrected chi connectivity index (χ2v) is 10.3. The predicted octanol–water partition coefficient (Wildman–Crippen LogP) is 4.83. The molecule has 1 saturated heterocycles. The average molecular weight is 505 g/mol. The van der Waals surface area contributed by atoms with Crippen molar-refractivity contribution in [1.82, 2.24) is 20.0 Å². The van der Waals surface area contributed by atoms with E-state index in [1.807, 2.05) is 35.1 Å². The molecule has 2 aromatic carbocycles. The second-order valence-electron chi connectivity index (χ2n) is 9.92. The van der Waals surface area contributed by atoms with Crippen molar-refractivity contribution in [3.8, 4) is 11.4 Å². The van der Waals surface area contributed by atoms with Crippen LogP contribution in [0.5, 0.6) is 5.75 Å². The topological polar surface area (TPSA) is 88.3 Å². The summed E-state index contributed by atoms with van der Waals surface area (Å²) >= 11 is 6.32. The van der Waals surface area contributed by atoms with E-state index in [-0.39, 0.29) is 6.10 Å². The van der Waals surface area contributed by atoms with Crippen LogP contribution < -0.4 is 15.0 Å². The van der Waals surface area contributed by atoms with E-state index in [0.29, 0.717) is 28.5 Å². The van der Waals surface area contributed by atoms with Gasteiger partial charge in [-0.25, -0.2) is 4.68 Å². The first-order valence-electron chi connectivity index (χ1n) is 12.3. The Morgan fingerprint density at radius 3 is 2.64 bits per heavy atom. The molecule has 0 radical (unpaired) electrons. The van der Waals surface area contributed by atoms with E-state index in [1.165, 1.54) is 0 Å². The third-order valence-electron chi connectivity index (χ3n) is 7.65. The molecule has 2 aromatic heterocycles. The molecule has 1 aliphatic carbocycles. The fourth-order valence-electron chi connectivity index (χ4n) is 5.60. The lowest BCUT2D eigenvalue weighted by atomic mass is 9.61. The summed E-state index contributed by atoms with van der Waals surface area (Å²) < 4.78 is 7.12. The zero-order valence-corrected chi connectivity index (χ0v) is 20.9. The lowest BCUT2D eigenvalue weighted by molar-refractivity contribution is -0.0464. The third kappa shape index (κ3) is 4.24. The highest BCUT2D eigenvalue weighted by Crippen LogP contribution is 2.49. The molecule has 1 saturated carbocycles. The van der Waals surface area contributed by atoms with Crippen molar-refractivity contribution >= 4 is 34.0 Å². The molecule has 0 atom stereocenters. The van der Waals surface area contributed by atoms with Crippen molar-refractivity contribution in [2.24, 2.45) is 5.41 Å². The highest BCUT2D eigenvalue weighted by atomic mass is 35.5. The molecule has 8 nitrogen and oxygen atoms in total. The van der Waals surface area contributed by atoms with Gasteiger partial charge in [0.1, 0.15) is 5.75 Å². The summed E-state index contributed by atoms with van der Waals surface area (Å²) in [7, 11) is 1.61. The van der Waals surface area contributed by atoms with Gasteiger partial charge in [0.2, 0.25) is 0 Å². The van der Waals surface area contributed by atoms with Gasteiger partial charge < -0.3 is 20.1 Å². The number of nitrogens with one attached hydrogen (secondary N) is 1. The molecule has 186 valence electrons. The minimum Gasteiger partial charge on any atom is -0.495 e. The molecule has 1 spiro atoms. The Hall–Kier alpha value is -3.36. The summed E-state index contributed by atoms with van der Waals surface area (Å²) in [6.45, 7) is 2.40. The van der Waals surface area contributed by atoms with E-state index in [1.54, 1.807) is 13.3 Å². The molecule has 6 rings (SSSR count). The van der Waals surface area contributed by atoms with E-state index in [0.717, 1.165) is 66.6 Å². The van der Waals surface area contributed by atoms with Gasteiger partial charge in [-0.05, 0) is 73.1 Å². The molecule has 3 heterocycles. The zero-order valence-electron chi connectivity index (χ0n) is 20.2. The van der Waals surface area contributed by atoms with E-state index in [4.69, 9.17) is 16.3 Å². The van der Waals surface area contributed by atoms with Crippen LogP contribution in [0.3, 0.4) is 0 Å². The van der Waals surface area contributed by atoms with Crippen LogP contribution in [0.25, 0.3) is 16.5 Å². The van der Waals surface area contributed by atoms with Gasteiger partial charge in [0, 0.05) is 42.8 Å². The highest BCUT2D eigenvalue weighted by molar-refractivity contribution is 6.32. The number of aliphatic hydroxyl groups excluding tert-OH is 1. The lowest BCUT2D eigenvalue weighted by Crippen LogP contribution is -2.49. The fraction of sp³-hybridized carbons (Fsp3) is 0.370. The second kappa shape index (κ2) is 9.26. The average Bonchev–Trinajstić information content (AvgIpc) is 3.42. The van der Waals surface area contributed by atoms with Crippen molar-refractivity contribution in [2.45, 2.75) is 38.3 Å². The molecular weight excluding hydrogens is 476 g/mol. The first-order valence-corrected chi connectivity index (χ1v) is 12.7. The molecule has 0 unspecified atom stereocenters. The van der Waals surface area contributed by atoms with Crippen molar-refractivity contribution in [3.05, 3.63) is 65.4 Å². The Morgan fingerprint density at radius 2 is 1.94 bits per heavy atom. The molecule has 4 aromatic rings. The van der Waals surface area contributed by atoms with Gasteiger partial charge in [0.25, 0.3) is 0 Å². The van der Waals surface area contributed by atoms with Crippen LogP contribution in [-0.4, -0.2) is 51.4 Å². The molecule has 0 bridgehead atoms. The number of hydrogen-bond donors (Lipinski definition) is 2. The number of aromatic nitrogens is 4. The number of hydrogen-bond acceptors (Lipinski definition) is 7. The number of halogens is 1. The standard InChI is InChI=1S/C27H29ClN6O2/c1-36-24-6-3-18(13-23(24)28)17-29-25-22-14-19(34-10-2-9-30-34)4-5-21(22)26(32-31-25)33-11-7-27(8-12-33)15-20(35)16-27/h2-6,9-10,13-14,20,35H,7-8,11-12,15-17H2,1H3,(H,29,31). The third-order valence-corrected chi connectivity index (χ3v) is 7.95. The number of rotatable bonds is 6. The van der Waals surface area contributed by atoms with Gasteiger partial charge in [0.15, 0.2) is 11.6 Å². The van der Waals surface area contributed by atoms with Crippen LogP contribution >= 0.6 is 11.6 Å². The van der Waals surface area contributed by atoms with Crippen molar-refractivity contribution < 1.29 is 9.84 Å². The smallest absolute Gasteiger partial charge is 0.159 e. The Kier molecular flexibility index (Phi) is 5.93. The van der Waals surface area contributed by atoms with Gasteiger partial charge in [-0.3, -0.25) is 0 Å². The van der Waals surface area contributed by atoms with E-state index in [2.05, 4.69) is 43.7 Å². The number of fused-ring (bicyclic) bond motifs is 1. The number of ether oxygens (including phenoxy) is 1. The normalized spacial score (nSPS) is 17.4. The van der Waals surface area contributed by atoms with E-state index >= 15 is 0 Å². The number of nitrogens with zero attached hydrogens (tertiary/aromatic N) is 5. The maximum Gasteiger partial charge on any atom is 0.159 e. The van der Waals surface area contributed by atoms with Gasteiger partial charge >= 0.3 is 0 Å². The van der Waals surface area contributed by atoms with Crippen LogP contribution in [0, 0.1) is 5.41 Å². The van der Waals surface area contributed by atoms with E-state index < -0.39 is 0 Å². The van der Waals surface area contributed by atoms with E-state index in [9.17, 15) is 5.11 Å². The maximum atomic E-state index is 9.84.